The van der Waals surface area contributed by atoms with Crippen LogP contribution in [-0.2, 0) is 12.0 Å². The molecule has 1 atom stereocenters. The van der Waals surface area contributed by atoms with Crippen LogP contribution in [0.2, 0.25) is 0 Å². The number of nitrogens with one attached hydrogen (secondary N) is 1. The van der Waals surface area contributed by atoms with E-state index in [1.54, 1.807) is 0 Å². The SMILES string of the molecule is CCc1c(C2=CCC(c3ccccc3)(N(C)C)CC2)[nH]c2ccccc12. The van der Waals surface area contributed by atoms with Crippen LogP contribution in [-0.4, -0.2) is 24.0 Å². The van der Waals surface area contributed by atoms with Crippen molar-refractivity contribution in [3.8, 4) is 0 Å². The van der Waals surface area contributed by atoms with Gasteiger partial charge in [-0.15, -0.1) is 0 Å². The van der Waals surface area contributed by atoms with E-state index in [9.17, 15) is 0 Å². The highest BCUT2D eigenvalue weighted by atomic mass is 15.1. The number of para-hydroxylation sites is 1. The number of hydrogen-bond acceptors (Lipinski definition) is 1. The zero-order chi connectivity index (χ0) is 18.1. The molecule has 0 bridgehead atoms. The second-order valence-corrected chi connectivity index (χ2v) is 7.60. The lowest BCUT2D eigenvalue weighted by Gasteiger charge is -2.43. The summed E-state index contributed by atoms with van der Waals surface area (Å²) in [5.41, 5.74) is 7.08. The molecule has 1 aromatic heterocycles. The van der Waals surface area contributed by atoms with E-state index in [4.69, 9.17) is 0 Å². The van der Waals surface area contributed by atoms with E-state index in [1.165, 1.54) is 33.3 Å². The maximum atomic E-state index is 3.70. The molecule has 0 saturated heterocycles. The summed E-state index contributed by atoms with van der Waals surface area (Å²) in [6, 6.07) is 19.7. The number of rotatable bonds is 4. The van der Waals surface area contributed by atoms with Crippen molar-refractivity contribution in [2.24, 2.45) is 0 Å². The van der Waals surface area contributed by atoms with Gasteiger partial charge in [0.2, 0.25) is 0 Å². The average molecular weight is 345 g/mol. The molecule has 1 unspecified atom stereocenters. The highest BCUT2D eigenvalue weighted by Gasteiger charge is 2.36. The highest BCUT2D eigenvalue weighted by molar-refractivity contribution is 5.89. The number of allylic oxidation sites excluding steroid dienone is 1. The lowest BCUT2D eigenvalue weighted by molar-refractivity contribution is 0.138. The van der Waals surface area contributed by atoms with Gasteiger partial charge in [0.05, 0.1) is 0 Å². The molecule has 1 aliphatic carbocycles. The number of hydrogen-bond donors (Lipinski definition) is 1. The first kappa shape index (κ1) is 17.1. The van der Waals surface area contributed by atoms with Crippen LogP contribution in [0.4, 0.5) is 0 Å². The fourth-order valence-electron chi connectivity index (χ4n) is 4.58. The quantitative estimate of drug-likeness (QED) is 0.638. The van der Waals surface area contributed by atoms with Gasteiger partial charge in [0.15, 0.2) is 0 Å². The molecule has 0 fully saturated rings. The Kier molecular flexibility index (Phi) is 4.46. The minimum absolute atomic E-state index is 0.100. The Hall–Kier alpha value is -2.32. The predicted molar refractivity (Wildman–Crippen MR) is 111 cm³/mol. The fourth-order valence-corrected chi connectivity index (χ4v) is 4.58. The Bertz CT molecular complexity index is 933. The number of fused-ring (bicyclic) bond motifs is 1. The first-order valence-corrected chi connectivity index (χ1v) is 9.67. The van der Waals surface area contributed by atoms with Crippen molar-refractivity contribution in [1.82, 2.24) is 9.88 Å². The second-order valence-electron chi connectivity index (χ2n) is 7.60. The van der Waals surface area contributed by atoms with Gasteiger partial charge in [-0.2, -0.15) is 0 Å². The lowest BCUT2D eigenvalue weighted by Crippen LogP contribution is -2.42. The summed E-state index contributed by atoms with van der Waals surface area (Å²) in [7, 11) is 4.43. The van der Waals surface area contributed by atoms with Gasteiger partial charge in [-0.05, 0) is 62.5 Å². The summed E-state index contributed by atoms with van der Waals surface area (Å²) in [5, 5.41) is 1.37. The molecule has 2 nitrogen and oxygen atoms in total. The van der Waals surface area contributed by atoms with Gasteiger partial charge >= 0.3 is 0 Å². The van der Waals surface area contributed by atoms with Crippen molar-refractivity contribution < 1.29 is 0 Å². The van der Waals surface area contributed by atoms with E-state index in [0.29, 0.717) is 0 Å². The van der Waals surface area contributed by atoms with E-state index >= 15 is 0 Å². The van der Waals surface area contributed by atoms with E-state index in [1.807, 2.05) is 0 Å². The largest absolute Gasteiger partial charge is 0.355 e. The first-order valence-electron chi connectivity index (χ1n) is 9.67. The standard InChI is InChI=1S/C24H28N2/c1-4-20-21-12-8-9-13-22(21)25-23(20)18-14-16-24(17-15-18,26(2)3)19-10-6-5-7-11-19/h5-14,25H,4,15-17H2,1-3H3. The van der Waals surface area contributed by atoms with Crippen LogP contribution in [0.5, 0.6) is 0 Å². The third kappa shape index (κ3) is 2.69. The minimum Gasteiger partial charge on any atom is -0.355 e. The summed E-state index contributed by atoms with van der Waals surface area (Å²) in [4.78, 5) is 6.10. The Labute approximate surface area is 156 Å². The van der Waals surface area contributed by atoms with Gasteiger partial charge in [-0.25, -0.2) is 0 Å². The monoisotopic (exact) mass is 344 g/mol. The maximum Gasteiger partial charge on any atom is 0.0492 e. The number of H-pyrrole nitrogens is 1. The van der Waals surface area contributed by atoms with Gasteiger partial charge in [0, 0.05) is 22.1 Å². The second kappa shape index (κ2) is 6.77. The molecule has 0 amide bonds. The molecule has 0 saturated carbocycles. The van der Waals surface area contributed by atoms with Crippen LogP contribution in [0, 0.1) is 0 Å². The van der Waals surface area contributed by atoms with Crippen LogP contribution in [0.15, 0.2) is 60.7 Å². The summed E-state index contributed by atoms with van der Waals surface area (Å²) >= 11 is 0. The van der Waals surface area contributed by atoms with E-state index in [2.05, 4.69) is 91.6 Å². The normalized spacial score (nSPS) is 20.5. The Balaban J connectivity index is 1.74. The van der Waals surface area contributed by atoms with Crippen molar-refractivity contribution in [2.45, 2.75) is 38.1 Å². The van der Waals surface area contributed by atoms with Crippen LogP contribution in [0.25, 0.3) is 16.5 Å². The minimum atomic E-state index is 0.100. The molecule has 3 aromatic rings. The number of aromatic amines is 1. The van der Waals surface area contributed by atoms with Crippen molar-refractivity contribution in [3.05, 3.63) is 77.5 Å². The number of aryl methyl sites for hydroxylation is 1. The number of nitrogens with zero attached hydrogens (tertiary/aromatic N) is 1. The molecule has 2 aromatic carbocycles. The average Bonchev–Trinajstić information content (AvgIpc) is 3.07. The Morgan fingerprint density at radius 3 is 2.38 bits per heavy atom. The van der Waals surface area contributed by atoms with Crippen LogP contribution < -0.4 is 0 Å². The molecule has 2 heteroatoms. The fraction of sp³-hybridized carbons (Fsp3) is 0.333. The van der Waals surface area contributed by atoms with Gasteiger partial charge in [0.1, 0.15) is 0 Å². The molecule has 0 radical (unpaired) electrons. The van der Waals surface area contributed by atoms with Crippen LogP contribution >= 0.6 is 0 Å². The Morgan fingerprint density at radius 2 is 1.73 bits per heavy atom. The number of benzene rings is 2. The molecule has 134 valence electrons. The van der Waals surface area contributed by atoms with Crippen LogP contribution in [0.3, 0.4) is 0 Å². The molecular weight excluding hydrogens is 316 g/mol. The third-order valence-electron chi connectivity index (χ3n) is 6.15. The molecule has 1 N–H and O–H groups in total. The van der Waals surface area contributed by atoms with E-state index < -0.39 is 0 Å². The first-order chi connectivity index (χ1) is 12.7. The van der Waals surface area contributed by atoms with Crippen LogP contribution in [0.1, 0.15) is 43.0 Å². The van der Waals surface area contributed by atoms with Gasteiger partial charge in [-0.1, -0.05) is 61.5 Å². The molecule has 26 heavy (non-hydrogen) atoms. The molecule has 0 spiro atoms. The smallest absolute Gasteiger partial charge is 0.0492 e. The van der Waals surface area contributed by atoms with Gasteiger partial charge in [-0.3, -0.25) is 4.90 Å². The molecule has 1 heterocycles. The van der Waals surface area contributed by atoms with Crippen molar-refractivity contribution in [3.63, 3.8) is 0 Å². The molecule has 0 aliphatic heterocycles. The summed E-state index contributed by atoms with van der Waals surface area (Å²) in [5.74, 6) is 0. The lowest BCUT2D eigenvalue weighted by atomic mass is 9.75. The van der Waals surface area contributed by atoms with E-state index in [-0.39, 0.29) is 5.54 Å². The van der Waals surface area contributed by atoms with Crippen molar-refractivity contribution in [1.29, 1.82) is 0 Å². The van der Waals surface area contributed by atoms with Crippen molar-refractivity contribution in [2.75, 3.05) is 14.1 Å². The molecule has 1 aliphatic rings. The zero-order valence-electron chi connectivity index (χ0n) is 16.0. The van der Waals surface area contributed by atoms with Crippen molar-refractivity contribution >= 4 is 16.5 Å². The predicted octanol–water partition coefficient (Wildman–Crippen LogP) is 5.75. The van der Waals surface area contributed by atoms with E-state index in [0.717, 1.165) is 25.7 Å². The van der Waals surface area contributed by atoms with Gasteiger partial charge < -0.3 is 4.98 Å². The number of aromatic nitrogens is 1. The summed E-state index contributed by atoms with van der Waals surface area (Å²) in [6.45, 7) is 2.26. The zero-order valence-corrected chi connectivity index (χ0v) is 16.0. The summed E-state index contributed by atoms with van der Waals surface area (Å²) in [6.07, 6.45) is 6.84. The molecule has 4 rings (SSSR count). The topological polar surface area (TPSA) is 19.0 Å². The van der Waals surface area contributed by atoms with Gasteiger partial charge in [0.25, 0.3) is 0 Å². The highest BCUT2D eigenvalue weighted by Crippen LogP contribution is 2.43. The maximum absolute atomic E-state index is 3.70. The summed E-state index contributed by atoms with van der Waals surface area (Å²) < 4.78 is 0. The Morgan fingerprint density at radius 1 is 1.00 bits per heavy atom. The third-order valence-corrected chi connectivity index (χ3v) is 6.15. The molecular formula is C24H28N2.